The molecular formula is C26H27N3O4. The third-order valence-electron chi connectivity index (χ3n) is 5.83. The Hall–Kier alpha value is -4.00. The van der Waals surface area contributed by atoms with Crippen molar-refractivity contribution in [3.63, 3.8) is 0 Å². The zero-order valence-corrected chi connectivity index (χ0v) is 18.9. The summed E-state index contributed by atoms with van der Waals surface area (Å²) in [5.41, 5.74) is 3.75. The normalized spacial score (nSPS) is 11.8. The number of nitrogens with one attached hydrogen (secondary N) is 2. The lowest BCUT2D eigenvalue weighted by atomic mass is 9.91. The van der Waals surface area contributed by atoms with E-state index in [4.69, 9.17) is 9.47 Å². The molecule has 0 saturated carbocycles. The lowest BCUT2D eigenvalue weighted by Gasteiger charge is -2.19. The predicted octanol–water partition coefficient (Wildman–Crippen LogP) is 3.51. The van der Waals surface area contributed by atoms with Crippen LogP contribution in [0.5, 0.6) is 11.5 Å². The van der Waals surface area contributed by atoms with Crippen molar-refractivity contribution in [2.45, 2.75) is 12.8 Å². The van der Waals surface area contributed by atoms with Gasteiger partial charge in [-0.25, -0.2) is 0 Å². The largest absolute Gasteiger partial charge is 0.497 e. The van der Waals surface area contributed by atoms with E-state index < -0.39 is 0 Å². The van der Waals surface area contributed by atoms with Crippen LogP contribution in [0.25, 0.3) is 10.9 Å². The molecule has 7 nitrogen and oxygen atoms in total. The molecule has 2 aromatic carbocycles. The molecule has 1 amide bonds. The maximum Gasteiger partial charge on any atom is 0.257 e. The van der Waals surface area contributed by atoms with Gasteiger partial charge in [-0.3, -0.25) is 9.59 Å². The fourth-order valence-corrected chi connectivity index (χ4v) is 3.85. The van der Waals surface area contributed by atoms with Crippen LogP contribution in [0.15, 0.2) is 71.8 Å². The van der Waals surface area contributed by atoms with Crippen molar-refractivity contribution in [2.24, 2.45) is 7.05 Å². The number of ether oxygens (including phenoxy) is 2. The number of amides is 1. The Morgan fingerprint density at radius 1 is 1.15 bits per heavy atom. The van der Waals surface area contributed by atoms with Crippen molar-refractivity contribution in [1.29, 1.82) is 0 Å². The first-order chi connectivity index (χ1) is 16.0. The standard InChI is InChI=1S/C26H27N3O4/c1-17-12-24(30)25(15-29(17)2)33-16-26(31)28-13-21(18-8-10-19(32-3)11-9-18)22-14-27-23-7-5-4-6-20(22)23/h4-12,14-15,21,27H,13,16H2,1-3H3,(H,28,31). The number of aromatic nitrogens is 2. The summed E-state index contributed by atoms with van der Waals surface area (Å²) < 4.78 is 12.6. The number of aryl methyl sites for hydroxylation is 2. The van der Waals surface area contributed by atoms with Crippen LogP contribution in [-0.2, 0) is 11.8 Å². The van der Waals surface area contributed by atoms with Gasteiger partial charge >= 0.3 is 0 Å². The molecule has 2 aromatic heterocycles. The van der Waals surface area contributed by atoms with E-state index in [0.717, 1.165) is 33.5 Å². The summed E-state index contributed by atoms with van der Waals surface area (Å²) in [5.74, 6) is 0.550. The van der Waals surface area contributed by atoms with Crippen LogP contribution in [0.3, 0.4) is 0 Å². The highest BCUT2D eigenvalue weighted by Gasteiger charge is 2.19. The molecule has 2 N–H and O–H groups in total. The average molecular weight is 446 g/mol. The highest BCUT2D eigenvalue weighted by molar-refractivity contribution is 5.84. The Balaban J connectivity index is 1.51. The van der Waals surface area contributed by atoms with Crippen LogP contribution in [0.1, 0.15) is 22.7 Å². The van der Waals surface area contributed by atoms with Crippen molar-refractivity contribution in [3.05, 3.63) is 94.0 Å². The molecule has 170 valence electrons. The molecular weight excluding hydrogens is 418 g/mol. The molecule has 4 aromatic rings. The molecule has 33 heavy (non-hydrogen) atoms. The van der Waals surface area contributed by atoms with Crippen LogP contribution in [0, 0.1) is 6.92 Å². The van der Waals surface area contributed by atoms with Crippen molar-refractivity contribution in [3.8, 4) is 11.5 Å². The fourth-order valence-electron chi connectivity index (χ4n) is 3.85. The molecule has 0 spiro atoms. The number of rotatable bonds is 8. The van der Waals surface area contributed by atoms with Crippen LogP contribution in [0.4, 0.5) is 0 Å². The Morgan fingerprint density at radius 3 is 2.67 bits per heavy atom. The molecule has 0 aliphatic heterocycles. The Kier molecular flexibility index (Phi) is 6.49. The first kappa shape index (κ1) is 22.2. The number of aromatic amines is 1. The van der Waals surface area contributed by atoms with Gasteiger partial charge in [-0.2, -0.15) is 0 Å². The Bertz CT molecular complexity index is 1320. The minimum atomic E-state index is -0.295. The topological polar surface area (TPSA) is 85.3 Å². The predicted molar refractivity (Wildman–Crippen MR) is 128 cm³/mol. The van der Waals surface area contributed by atoms with Gasteiger partial charge in [0.05, 0.1) is 7.11 Å². The summed E-state index contributed by atoms with van der Waals surface area (Å²) in [7, 11) is 3.45. The number of hydrogen-bond acceptors (Lipinski definition) is 4. The van der Waals surface area contributed by atoms with Gasteiger partial charge in [0, 0.05) is 54.6 Å². The van der Waals surface area contributed by atoms with Crippen LogP contribution in [0.2, 0.25) is 0 Å². The van der Waals surface area contributed by atoms with Gasteiger partial charge in [0.15, 0.2) is 12.4 Å². The van der Waals surface area contributed by atoms with Gasteiger partial charge in [-0.15, -0.1) is 0 Å². The summed E-state index contributed by atoms with van der Waals surface area (Å²) >= 11 is 0. The number of methoxy groups -OCH3 is 1. The number of carbonyl (C=O) groups excluding carboxylic acids is 1. The lowest BCUT2D eigenvalue weighted by Crippen LogP contribution is -2.33. The molecule has 2 heterocycles. The Morgan fingerprint density at radius 2 is 1.91 bits per heavy atom. The van der Waals surface area contributed by atoms with E-state index in [9.17, 15) is 9.59 Å². The molecule has 0 saturated heterocycles. The first-order valence-electron chi connectivity index (χ1n) is 10.7. The molecule has 0 aliphatic carbocycles. The summed E-state index contributed by atoms with van der Waals surface area (Å²) in [6, 6.07) is 17.4. The quantitative estimate of drug-likeness (QED) is 0.435. The van der Waals surface area contributed by atoms with Gasteiger partial charge in [0.1, 0.15) is 5.75 Å². The van der Waals surface area contributed by atoms with E-state index in [0.29, 0.717) is 6.54 Å². The third-order valence-corrected chi connectivity index (χ3v) is 5.83. The smallest absolute Gasteiger partial charge is 0.257 e. The maximum absolute atomic E-state index is 12.6. The third kappa shape index (κ3) is 4.92. The van der Waals surface area contributed by atoms with E-state index in [1.807, 2.05) is 62.6 Å². The second-order valence-corrected chi connectivity index (χ2v) is 7.96. The van der Waals surface area contributed by atoms with Crippen molar-refractivity contribution in [1.82, 2.24) is 14.9 Å². The Labute approximate surface area is 192 Å². The van der Waals surface area contributed by atoms with Crippen molar-refractivity contribution >= 4 is 16.8 Å². The average Bonchev–Trinajstić information content (AvgIpc) is 3.25. The number of fused-ring (bicyclic) bond motifs is 1. The molecule has 1 unspecified atom stereocenters. The minimum Gasteiger partial charge on any atom is -0.497 e. The highest BCUT2D eigenvalue weighted by Crippen LogP contribution is 2.31. The number of H-pyrrole nitrogens is 1. The lowest BCUT2D eigenvalue weighted by molar-refractivity contribution is -0.123. The summed E-state index contributed by atoms with van der Waals surface area (Å²) in [4.78, 5) is 28.0. The van der Waals surface area contributed by atoms with Gasteiger partial charge in [-0.05, 0) is 36.2 Å². The number of nitrogens with zero attached hydrogens (tertiary/aromatic N) is 1. The highest BCUT2D eigenvalue weighted by atomic mass is 16.5. The minimum absolute atomic E-state index is 0.0803. The van der Waals surface area contributed by atoms with E-state index in [1.54, 1.807) is 17.9 Å². The fraction of sp³-hybridized carbons (Fsp3) is 0.231. The molecule has 4 rings (SSSR count). The maximum atomic E-state index is 12.6. The number of para-hydroxylation sites is 1. The van der Waals surface area contributed by atoms with Crippen LogP contribution >= 0.6 is 0 Å². The van der Waals surface area contributed by atoms with E-state index in [-0.39, 0.29) is 29.6 Å². The van der Waals surface area contributed by atoms with E-state index in [2.05, 4.69) is 16.4 Å². The number of pyridine rings is 1. The summed E-state index contributed by atoms with van der Waals surface area (Å²) in [6.45, 7) is 1.98. The summed E-state index contributed by atoms with van der Waals surface area (Å²) in [5, 5.41) is 4.06. The van der Waals surface area contributed by atoms with Gasteiger partial charge in [-0.1, -0.05) is 30.3 Å². The molecule has 1 atom stereocenters. The first-order valence-corrected chi connectivity index (χ1v) is 10.7. The number of benzene rings is 2. The van der Waals surface area contributed by atoms with Gasteiger partial charge in [0.25, 0.3) is 5.91 Å². The zero-order chi connectivity index (χ0) is 23.4. The van der Waals surface area contributed by atoms with E-state index in [1.165, 1.54) is 6.07 Å². The second-order valence-electron chi connectivity index (χ2n) is 7.96. The van der Waals surface area contributed by atoms with E-state index >= 15 is 0 Å². The second kappa shape index (κ2) is 9.65. The molecule has 0 bridgehead atoms. The van der Waals surface area contributed by atoms with Crippen LogP contribution < -0.4 is 20.2 Å². The number of carbonyl (C=O) groups is 1. The molecule has 7 heteroatoms. The molecule has 0 aliphatic rings. The number of hydrogen-bond donors (Lipinski definition) is 2. The molecule has 0 fully saturated rings. The molecule has 0 radical (unpaired) electrons. The monoisotopic (exact) mass is 445 g/mol. The summed E-state index contributed by atoms with van der Waals surface area (Å²) in [6.07, 6.45) is 3.58. The van der Waals surface area contributed by atoms with Crippen molar-refractivity contribution in [2.75, 3.05) is 20.3 Å². The van der Waals surface area contributed by atoms with Crippen molar-refractivity contribution < 1.29 is 14.3 Å². The van der Waals surface area contributed by atoms with Crippen LogP contribution in [-0.4, -0.2) is 35.7 Å². The van der Waals surface area contributed by atoms with Gasteiger partial charge < -0.3 is 24.3 Å². The van der Waals surface area contributed by atoms with Gasteiger partial charge in [0.2, 0.25) is 5.43 Å². The zero-order valence-electron chi connectivity index (χ0n) is 18.9. The SMILES string of the molecule is COc1ccc(C(CNC(=O)COc2cn(C)c(C)cc2=O)c2c[nH]c3ccccc23)cc1.